The Kier molecular flexibility index (Phi) is 4.01. The average molecular weight is 291 g/mol. The van der Waals surface area contributed by atoms with E-state index in [0.717, 1.165) is 5.69 Å². The number of anilines is 3. The van der Waals surface area contributed by atoms with Gasteiger partial charge in [-0.1, -0.05) is 18.2 Å². The first kappa shape index (κ1) is 13.7. The van der Waals surface area contributed by atoms with Crippen LogP contribution in [0.3, 0.4) is 0 Å². The van der Waals surface area contributed by atoms with Crippen LogP contribution in [0.25, 0.3) is 0 Å². The van der Waals surface area contributed by atoms with Crippen LogP contribution in [0.1, 0.15) is 10.5 Å². The Hall–Kier alpha value is -3.28. The van der Waals surface area contributed by atoms with Crippen molar-refractivity contribution in [1.82, 2.24) is 15.0 Å². The van der Waals surface area contributed by atoms with Gasteiger partial charge in [0.25, 0.3) is 5.91 Å². The normalized spacial score (nSPS) is 10.0. The van der Waals surface area contributed by atoms with E-state index in [4.69, 9.17) is 0 Å². The maximum atomic E-state index is 12.2. The number of pyridine rings is 1. The number of carbonyl (C=O) groups excluding carboxylic acids is 1. The van der Waals surface area contributed by atoms with E-state index in [9.17, 15) is 4.79 Å². The summed E-state index contributed by atoms with van der Waals surface area (Å²) in [5.41, 5.74) is 1.77. The van der Waals surface area contributed by atoms with Gasteiger partial charge < -0.3 is 10.6 Å². The number of para-hydroxylation sites is 1. The first-order valence-corrected chi connectivity index (χ1v) is 6.67. The molecule has 0 aliphatic carbocycles. The van der Waals surface area contributed by atoms with Crippen molar-refractivity contribution in [2.75, 3.05) is 10.6 Å². The topological polar surface area (TPSA) is 79.8 Å². The lowest BCUT2D eigenvalue weighted by Crippen LogP contribution is -2.14. The van der Waals surface area contributed by atoms with Crippen molar-refractivity contribution in [2.24, 2.45) is 0 Å². The van der Waals surface area contributed by atoms with Crippen molar-refractivity contribution in [3.05, 3.63) is 72.9 Å². The van der Waals surface area contributed by atoms with E-state index >= 15 is 0 Å². The lowest BCUT2D eigenvalue weighted by Gasteiger charge is -2.07. The molecular weight excluding hydrogens is 278 g/mol. The number of hydrogen-bond acceptors (Lipinski definition) is 5. The second-order valence-electron chi connectivity index (χ2n) is 4.47. The molecule has 6 heteroatoms. The SMILES string of the molecule is O=C(Nc1ccccc1)c1cncc(Nc2ccncc2)n1. The fraction of sp³-hybridized carbons (Fsp3) is 0. The smallest absolute Gasteiger partial charge is 0.275 e. The number of benzene rings is 1. The highest BCUT2D eigenvalue weighted by Gasteiger charge is 2.09. The van der Waals surface area contributed by atoms with Crippen LogP contribution >= 0.6 is 0 Å². The van der Waals surface area contributed by atoms with Gasteiger partial charge in [0, 0.05) is 23.8 Å². The Balaban J connectivity index is 1.75. The van der Waals surface area contributed by atoms with E-state index in [2.05, 4.69) is 25.6 Å². The standard InChI is InChI=1S/C16H13N5O/c22-16(20-12-4-2-1-3-5-12)14-10-18-11-15(21-14)19-13-6-8-17-9-7-13/h1-11H,(H,20,22)(H,17,19,21). The Bertz CT molecular complexity index is 762. The third-order valence-corrected chi connectivity index (χ3v) is 2.85. The molecule has 108 valence electrons. The number of hydrogen-bond donors (Lipinski definition) is 2. The maximum Gasteiger partial charge on any atom is 0.275 e. The van der Waals surface area contributed by atoms with Crippen LogP contribution in [0.5, 0.6) is 0 Å². The first-order chi connectivity index (χ1) is 10.8. The van der Waals surface area contributed by atoms with Crippen LogP contribution < -0.4 is 10.6 Å². The molecule has 2 N–H and O–H groups in total. The van der Waals surface area contributed by atoms with Gasteiger partial charge in [0.05, 0.1) is 12.4 Å². The van der Waals surface area contributed by atoms with Crippen molar-refractivity contribution in [1.29, 1.82) is 0 Å². The molecular formula is C16H13N5O. The predicted octanol–water partition coefficient (Wildman–Crippen LogP) is 2.87. The molecule has 0 aliphatic rings. The summed E-state index contributed by atoms with van der Waals surface area (Å²) in [4.78, 5) is 24.4. The molecule has 0 spiro atoms. The Morgan fingerprint density at radius 2 is 1.64 bits per heavy atom. The molecule has 0 bridgehead atoms. The van der Waals surface area contributed by atoms with E-state index in [-0.39, 0.29) is 11.6 Å². The number of carbonyl (C=O) groups is 1. The van der Waals surface area contributed by atoms with Gasteiger partial charge >= 0.3 is 0 Å². The Labute approximate surface area is 127 Å². The molecule has 0 saturated carbocycles. The monoisotopic (exact) mass is 291 g/mol. The number of aromatic nitrogens is 3. The molecule has 1 amide bonds. The molecule has 0 aliphatic heterocycles. The van der Waals surface area contributed by atoms with Crippen molar-refractivity contribution in [3.63, 3.8) is 0 Å². The third kappa shape index (κ3) is 3.43. The van der Waals surface area contributed by atoms with Crippen LogP contribution in [-0.2, 0) is 0 Å². The zero-order valence-corrected chi connectivity index (χ0v) is 11.6. The van der Waals surface area contributed by atoms with E-state index in [1.807, 2.05) is 30.3 Å². The second kappa shape index (κ2) is 6.45. The van der Waals surface area contributed by atoms with E-state index < -0.39 is 0 Å². The minimum Gasteiger partial charge on any atom is -0.339 e. The van der Waals surface area contributed by atoms with Gasteiger partial charge in [0.2, 0.25) is 0 Å². The zero-order chi connectivity index (χ0) is 15.2. The summed E-state index contributed by atoms with van der Waals surface area (Å²) >= 11 is 0. The van der Waals surface area contributed by atoms with Crippen LogP contribution in [0.4, 0.5) is 17.2 Å². The Morgan fingerprint density at radius 3 is 2.41 bits per heavy atom. The van der Waals surface area contributed by atoms with Gasteiger partial charge in [-0.2, -0.15) is 0 Å². The second-order valence-corrected chi connectivity index (χ2v) is 4.47. The third-order valence-electron chi connectivity index (χ3n) is 2.85. The van der Waals surface area contributed by atoms with Crippen LogP contribution in [0.15, 0.2) is 67.3 Å². The highest BCUT2D eigenvalue weighted by Crippen LogP contribution is 2.13. The fourth-order valence-corrected chi connectivity index (χ4v) is 1.84. The van der Waals surface area contributed by atoms with Gasteiger partial charge in [-0.3, -0.25) is 14.8 Å². The van der Waals surface area contributed by atoms with Crippen LogP contribution in [0.2, 0.25) is 0 Å². The molecule has 0 radical (unpaired) electrons. The van der Waals surface area contributed by atoms with Crippen LogP contribution in [-0.4, -0.2) is 20.9 Å². The van der Waals surface area contributed by atoms with Crippen molar-refractivity contribution in [2.45, 2.75) is 0 Å². The van der Waals surface area contributed by atoms with E-state index in [1.165, 1.54) is 6.20 Å². The number of nitrogens with one attached hydrogen (secondary N) is 2. The average Bonchev–Trinajstić information content (AvgIpc) is 2.57. The van der Waals surface area contributed by atoms with Crippen molar-refractivity contribution < 1.29 is 4.79 Å². The molecule has 6 nitrogen and oxygen atoms in total. The summed E-state index contributed by atoms with van der Waals surface area (Å²) in [6.07, 6.45) is 6.32. The largest absolute Gasteiger partial charge is 0.339 e. The number of rotatable bonds is 4. The lowest BCUT2D eigenvalue weighted by molar-refractivity contribution is 0.102. The van der Waals surface area contributed by atoms with E-state index in [1.54, 1.807) is 30.7 Å². The molecule has 2 aromatic heterocycles. The quantitative estimate of drug-likeness (QED) is 0.772. The Morgan fingerprint density at radius 1 is 0.864 bits per heavy atom. The number of nitrogens with zero attached hydrogens (tertiary/aromatic N) is 3. The zero-order valence-electron chi connectivity index (χ0n) is 11.6. The molecule has 3 rings (SSSR count). The summed E-state index contributed by atoms with van der Waals surface area (Å²) in [6.45, 7) is 0. The summed E-state index contributed by atoms with van der Waals surface area (Å²) in [5.74, 6) is 0.184. The van der Waals surface area contributed by atoms with Gasteiger partial charge in [-0.15, -0.1) is 0 Å². The fourth-order valence-electron chi connectivity index (χ4n) is 1.84. The highest BCUT2D eigenvalue weighted by atomic mass is 16.1. The van der Waals surface area contributed by atoms with Gasteiger partial charge in [-0.25, -0.2) is 4.98 Å². The summed E-state index contributed by atoms with van der Waals surface area (Å²) < 4.78 is 0. The van der Waals surface area contributed by atoms with Crippen molar-refractivity contribution >= 4 is 23.1 Å². The minimum atomic E-state index is -0.308. The van der Waals surface area contributed by atoms with Gasteiger partial charge in [-0.05, 0) is 24.3 Å². The molecule has 0 unspecified atom stereocenters. The first-order valence-electron chi connectivity index (χ1n) is 6.67. The minimum absolute atomic E-state index is 0.239. The predicted molar refractivity (Wildman–Crippen MR) is 83.9 cm³/mol. The molecule has 22 heavy (non-hydrogen) atoms. The molecule has 0 atom stereocenters. The molecule has 1 aromatic carbocycles. The molecule has 0 fully saturated rings. The highest BCUT2D eigenvalue weighted by molar-refractivity contribution is 6.02. The molecule has 0 saturated heterocycles. The maximum absolute atomic E-state index is 12.2. The van der Waals surface area contributed by atoms with Gasteiger partial charge in [0.1, 0.15) is 11.5 Å². The van der Waals surface area contributed by atoms with Gasteiger partial charge in [0.15, 0.2) is 0 Å². The number of amides is 1. The van der Waals surface area contributed by atoms with Crippen LogP contribution in [0, 0.1) is 0 Å². The lowest BCUT2D eigenvalue weighted by atomic mass is 10.3. The summed E-state index contributed by atoms with van der Waals surface area (Å²) in [5, 5.41) is 5.84. The summed E-state index contributed by atoms with van der Waals surface area (Å²) in [7, 11) is 0. The van der Waals surface area contributed by atoms with Crippen molar-refractivity contribution in [3.8, 4) is 0 Å². The summed E-state index contributed by atoms with van der Waals surface area (Å²) in [6, 6.07) is 12.8. The van der Waals surface area contributed by atoms with E-state index in [0.29, 0.717) is 11.5 Å². The molecule has 2 heterocycles. The molecule has 3 aromatic rings.